The number of methoxy groups -OCH3 is 1. The minimum atomic E-state index is 0.120. The molecule has 0 saturated heterocycles. The molecule has 3 heteroatoms. The second kappa shape index (κ2) is 4.99. The maximum absolute atomic E-state index is 5.73. The van der Waals surface area contributed by atoms with E-state index in [0.29, 0.717) is 6.54 Å². The average Bonchev–Trinajstić information content (AvgIpc) is 2.21. The molecule has 1 rings (SSSR count). The van der Waals surface area contributed by atoms with Crippen molar-refractivity contribution in [2.75, 3.05) is 13.7 Å². The van der Waals surface area contributed by atoms with Crippen LogP contribution in [-0.2, 0) is 6.42 Å². The molecule has 0 aliphatic carbocycles. The van der Waals surface area contributed by atoms with E-state index >= 15 is 0 Å². The van der Waals surface area contributed by atoms with E-state index in [4.69, 9.17) is 10.5 Å². The van der Waals surface area contributed by atoms with E-state index < -0.39 is 0 Å². The van der Waals surface area contributed by atoms with E-state index in [1.165, 1.54) is 5.56 Å². The van der Waals surface area contributed by atoms with Gasteiger partial charge in [-0.1, -0.05) is 29.8 Å². The number of nitrogens with two attached hydrogens (primary N) is 1. The molecule has 0 aromatic heterocycles. The monoisotopic (exact) mass is 271 g/mol. The average molecular weight is 272 g/mol. The van der Waals surface area contributed by atoms with Crippen LogP contribution >= 0.6 is 15.9 Å². The van der Waals surface area contributed by atoms with E-state index in [-0.39, 0.29) is 5.41 Å². The summed E-state index contributed by atoms with van der Waals surface area (Å²) >= 11 is 3.55. The van der Waals surface area contributed by atoms with Gasteiger partial charge in [0.15, 0.2) is 0 Å². The zero-order valence-electron chi connectivity index (χ0n) is 9.51. The standard InChI is InChI=1S/C12H18BrNO/c1-12(2,8-14)7-9-6-10(15-3)4-5-11(9)13/h4-6H,7-8,14H2,1-3H3. The lowest BCUT2D eigenvalue weighted by atomic mass is 9.86. The van der Waals surface area contributed by atoms with Crippen molar-refractivity contribution < 1.29 is 4.74 Å². The fourth-order valence-electron chi connectivity index (χ4n) is 1.40. The van der Waals surface area contributed by atoms with Gasteiger partial charge in [-0.15, -0.1) is 0 Å². The Morgan fingerprint density at radius 2 is 2.07 bits per heavy atom. The molecule has 0 atom stereocenters. The van der Waals surface area contributed by atoms with E-state index in [0.717, 1.165) is 16.6 Å². The summed E-state index contributed by atoms with van der Waals surface area (Å²) in [5, 5.41) is 0. The van der Waals surface area contributed by atoms with Gasteiger partial charge in [-0.2, -0.15) is 0 Å². The van der Waals surface area contributed by atoms with Crippen LogP contribution in [0.1, 0.15) is 19.4 Å². The molecule has 0 radical (unpaired) electrons. The molecule has 15 heavy (non-hydrogen) atoms. The largest absolute Gasteiger partial charge is 0.497 e. The van der Waals surface area contributed by atoms with Crippen molar-refractivity contribution in [2.24, 2.45) is 11.1 Å². The van der Waals surface area contributed by atoms with Crippen molar-refractivity contribution in [3.8, 4) is 5.75 Å². The fraction of sp³-hybridized carbons (Fsp3) is 0.500. The van der Waals surface area contributed by atoms with Gasteiger partial charge >= 0.3 is 0 Å². The predicted octanol–water partition coefficient (Wildman–Crippen LogP) is 2.99. The molecule has 0 aliphatic heterocycles. The maximum atomic E-state index is 5.73. The van der Waals surface area contributed by atoms with Crippen molar-refractivity contribution in [1.29, 1.82) is 0 Å². The molecule has 0 unspecified atom stereocenters. The molecule has 0 fully saturated rings. The Balaban J connectivity index is 2.93. The first-order valence-electron chi connectivity index (χ1n) is 5.01. The zero-order valence-corrected chi connectivity index (χ0v) is 11.1. The first kappa shape index (κ1) is 12.5. The highest BCUT2D eigenvalue weighted by Gasteiger charge is 2.18. The second-order valence-corrected chi connectivity index (χ2v) is 5.36. The molecule has 0 saturated carbocycles. The molecule has 0 aliphatic rings. The van der Waals surface area contributed by atoms with Crippen molar-refractivity contribution in [1.82, 2.24) is 0 Å². The first-order valence-corrected chi connectivity index (χ1v) is 5.80. The van der Waals surface area contributed by atoms with E-state index in [2.05, 4.69) is 35.8 Å². The van der Waals surface area contributed by atoms with Crippen LogP contribution in [0.25, 0.3) is 0 Å². The van der Waals surface area contributed by atoms with Crippen LogP contribution in [0.4, 0.5) is 0 Å². The van der Waals surface area contributed by atoms with Gasteiger partial charge in [0.05, 0.1) is 7.11 Å². The topological polar surface area (TPSA) is 35.2 Å². The molecule has 84 valence electrons. The van der Waals surface area contributed by atoms with E-state index in [9.17, 15) is 0 Å². The second-order valence-electron chi connectivity index (χ2n) is 4.50. The zero-order chi connectivity index (χ0) is 11.5. The van der Waals surface area contributed by atoms with Crippen LogP contribution in [-0.4, -0.2) is 13.7 Å². The molecule has 1 aromatic carbocycles. The summed E-state index contributed by atoms with van der Waals surface area (Å²) in [5.74, 6) is 0.890. The molecule has 0 spiro atoms. The lowest BCUT2D eigenvalue weighted by Crippen LogP contribution is -2.26. The summed E-state index contributed by atoms with van der Waals surface area (Å²) in [6.45, 7) is 5.01. The molecular formula is C12H18BrNO. The molecule has 2 N–H and O–H groups in total. The molecular weight excluding hydrogens is 254 g/mol. The molecule has 0 amide bonds. The third-order valence-electron chi connectivity index (χ3n) is 2.47. The van der Waals surface area contributed by atoms with Crippen molar-refractivity contribution in [3.63, 3.8) is 0 Å². The SMILES string of the molecule is COc1ccc(Br)c(CC(C)(C)CN)c1. The number of rotatable bonds is 4. The third-order valence-corrected chi connectivity index (χ3v) is 3.25. The van der Waals surface area contributed by atoms with E-state index in [1.807, 2.05) is 12.1 Å². The Hall–Kier alpha value is -0.540. The van der Waals surface area contributed by atoms with Crippen molar-refractivity contribution in [3.05, 3.63) is 28.2 Å². The van der Waals surface area contributed by atoms with Gasteiger partial charge in [-0.05, 0) is 42.1 Å². The van der Waals surface area contributed by atoms with Crippen LogP contribution in [0, 0.1) is 5.41 Å². The highest BCUT2D eigenvalue weighted by atomic mass is 79.9. The Morgan fingerprint density at radius 1 is 1.40 bits per heavy atom. The van der Waals surface area contributed by atoms with Crippen LogP contribution < -0.4 is 10.5 Å². The van der Waals surface area contributed by atoms with Crippen LogP contribution in [0.3, 0.4) is 0 Å². The van der Waals surface area contributed by atoms with Gasteiger partial charge in [0.2, 0.25) is 0 Å². The highest BCUT2D eigenvalue weighted by Crippen LogP contribution is 2.28. The molecule has 0 bridgehead atoms. The van der Waals surface area contributed by atoms with E-state index in [1.54, 1.807) is 7.11 Å². The Kier molecular flexibility index (Phi) is 4.17. The number of ether oxygens (including phenoxy) is 1. The number of benzene rings is 1. The summed E-state index contributed by atoms with van der Waals surface area (Å²) in [6, 6.07) is 6.02. The Morgan fingerprint density at radius 3 is 2.60 bits per heavy atom. The van der Waals surface area contributed by atoms with Gasteiger partial charge in [0, 0.05) is 4.47 Å². The van der Waals surface area contributed by atoms with Gasteiger partial charge in [0.1, 0.15) is 5.75 Å². The number of hydrogen-bond acceptors (Lipinski definition) is 2. The highest BCUT2D eigenvalue weighted by molar-refractivity contribution is 9.10. The fourth-order valence-corrected chi connectivity index (χ4v) is 1.79. The summed E-state index contributed by atoms with van der Waals surface area (Å²) in [5.41, 5.74) is 7.09. The van der Waals surface area contributed by atoms with Crippen LogP contribution in [0.5, 0.6) is 5.75 Å². The van der Waals surface area contributed by atoms with Crippen molar-refractivity contribution >= 4 is 15.9 Å². The number of halogens is 1. The Labute approximate surface area is 99.9 Å². The number of hydrogen-bond donors (Lipinski definition) is 1. The maximum Gasteiger partial charge on any atom is 0.119 e. The first-order chi connectivity index (χ1) is 6.98. The Bertz CT molecular complexity index is 336. The van der Waals surface area contributed by atoms with Gasteiger partial charge in [-0.25, -0.2) is 0 Å². The predicted molar refractivity (Wildman–Crippen MR) is 67.2 cm³/mol. The normalized spacial score (nSPS) is 11.5. The minimum Gasteiger partial charge on any atom is -0.497 e. The molecule has 1 aromatic rings. The summed E-state index contributed by atoms with van der Waals surface area (Å²) in [6.07, 6.45) is 0.946. The minimum absolute atomic E-state index is 0.120. The smallest absolute Gasteiger partial charge is 0.119 e. The molecule has 2 nitrogen and oxygen atoms in total. The van der Waals surface area contributed by atoms with Crippen molar-refractivity contribution in [2.45, 2.75) is 20.3 Å². The van der Waals surface area contributed by atoms with Crippen LogP contribution in [0.2, 0.25) is 0 Å². The summed E-state index contributed by atoms with van der Waals surface area (Å²) < 4.78 is 6.32. The third kappa shape index (κ3) is 3.50. The van der Waals surface area contributed by atoms with Gasteiger partial charge < -0.3 is 10.5 Å². The lowest BCUT2D eigenvalue weighted by Gasteiger charge is -2.23. The van der Waals surface area contributed by atoms with Crippen LogP contribution in [0.15, 0.2) is 22.7 Å². The molecule has 0 heterocycles. The van der Waals surface area contributed by atoms with Gasteiger partial charge in [0.25, 0.3) is 0 Å². The quantitative estimate of drug-likeness (QED) is 0.914. The lowest BCUT2D eigenvalue weighted by molar-refractivity contribution is 0.373. The summed E-state index contributed by atoms with van der Waals surface area (Å²) in [7, 11) is 1.68. The summed E-state index contributed by atoms with van der Waals surface area (Å²) in [4.78, 5) is 0. The van der Waals surface area contributed by atoms with Gasteiger partial charge in [-0.3, -0.25) is 0 Å².